The van der Waals surface area contributed by atoms with Crippen LogP contribution in [0.15, 0.2) is 235 Å². The summed E-state index contributed by atoms with van der Waals surface area (Å²) in [6.45, 7) is 0. The number of hydrogen-bond acceptors (Lipinski definition) is 3. The quantitative estimate of drug-likeness (QED) is 0.177. The van der Waals surface area contributed by atoms with E-state index in [2.05, 4.69) is 234 Å². The minimum Gasteiger partial charge on any atom is -0.457 e. The molecule has 0 radical (unpaired) electrons. The molecule has 67 heavy (non-hydrogen) atoms. The van der Waals surface area contributed by atoms with E-state index < -0.39 is 5.41 Å². The lowest BCUT2D eigenvalue weighted by molar-refractivity contribution is 0.435. The molecule has 4 heteroatoms. The normalized spacial score (nSPS) is 13.3. The molecule has 13 aromatic rings. The van der Waals surface area contributed by atoms with Gasteiger partial charge in [-0.15, -0.1) is 0 Å². The SMILES string of the molecule is c1ccc2c(c1)Oc1ccccc1C21c2cc(N(c3ccc4c5ccccc5n(-c5cccc6oc7ccccc7c56)c4c3)c3cccc4ccccc34)ccc2-c2cccc3cccc1c23. The summed E-state index contributed by atoms with van der Waals surface area (Å²) in [4.78, 5) is 2.48. The molecule has 0 atom stereocenters. The summed E-state index contributed by atoms with van der Waals surface area (Å²) in [6.07, 6.45) is 0. The molecule has 11 aromatic carbocycles. The molecule has 3 heterocycles. The molecule has 1 aliphatic heterocycles. The van der Waals surface area contributed by atoms with Crippen molar-refractivity contribution in [2.24, 2.45) is 0 Å². The summed E-state index contributed by atoms with van der Waals surface area (Å²) >= 11 is 0. The van der Waals surface area contributed by atoms with Crippen LogP contribution in [0.4, 0.5) is 17.1 Å². The van der Waals surface area contributed by atoms with Crippen molar-refractivity contribution in [3.8, 4) is 28.3 Å². The Morgan fingerprint density at radius 3 is 1.85 bits per heavy atom. The van der Waals surface area contributed by atoms with E-state index in [1.165, 1.54) is 54.6 Å². The highest BCUT2D eigenvalue weighted by molar-refractivity contribution is 6.15. The summed E-state index contributed by atoms with van der Waals surface area (Å²) in [5, 5.41) is 9.45. The highest BCUT2D eigenvalue weighted by atomic mass is 16.5. The van der Waals surface area contributed by atoms with Crippen LogP contribution in [0.25, 0.3) is 82.1 Å². The topological polar surface area (TPSA) is 30.5 Å². The summed E-state index contributed by atoms with van der Waals surface area (Å²) < 4.78 is 15.7. The Hall–Kier alpha value is -8.86. The zero-order valence-electron chi connectivity index (χ0n) is 36.2. The molecule has 2 aromatic heterocycles. The highest BCUT2D eigenvalue weighted by Crippen LogP contribution is 2.62. The largest absolute Gasteiger partial charge is 0.457 e. The number of benzene rings is 11. The van der Waals surface area contributed by atoms with Crippen molar-refractivity contribution >= 4 is 82.4 Å². The van der Waals surface area contributed by atoms with Gasteiger partial charge in [0.25, 0.3) is 0 Å². The number of hydrogen-bond donors (Lipinski definition) is 0. The van der Waals surface area contributed by atoms with Crippen molar-refractivity contribution in [2.45, 2.75) is 5.41 Å². The number of nitrogens with zero attached hydrogens (tertiary/aromatic N) is 2. The van der Waals surface area contributed by atoms with Crippen LogP contribution in [-0.2, 0) is 5.41 Å². The van der Waals surface area contributed by atoms with E-state index in [1.54, 1.807) is 0 Å². The molecule has 0 amide bonds. The second-order valence-electron chi connectivity index (χ2n) is 17.9. The number of aromatic nitrogens is 1. The van der Waals surface area contributed by atoms with Gasteiger partial charge in [-0.05, 0) is 105 Å². The number of ether oxygens (including phenoxy) is 1. The van der Waals surface area contributed by atoms with Crippen LogP contribution in [0.3, 0.4) is 0 Å². The fourth-order valence-electron chi connectivity index (χ4n) is 11.9. The van der Waals surface area contributed by atoms with Crippen LogP contribution in [0.5, 0.6) is 11.5 Å². The number of para-hydroxylation sites is 4. The van der Waals surface area contributed by atoms with Crippen LogP contribution in [0.1, 0.15) is 22.3 Å². The number of rotatable bonds is 4. The summed E-state index contributed by atoms with van der Waals surface area (Å²) in [5.41, 5.74) is 14.8. The molecular formula is C63H38N2O2. The minimum atomic E-state index is -0.683. The maximum Gasteiger partial charge on any atom is 0.137 e. The van der Waals surface area contributed by atoms with Gasteiger partial charge in [0.2, 0.25) is 0 Å². The van der Waals surface area contributed by atoms with Crippen molar-refractivity contribution in [3.63, 3.8) is 0 Å². The first-order valence-corrected chi connectivity index (χ1v) is 23.0. The van der Waals surface area contributed by atoms with Crippen molar-refractivity contribution in [1.29, 1.82) is 0 Å². The molecule has 0 unspecified atom stereocenters. The Labute approximate surface area is 385 Å². The van der Waals surface area contributed by atoms with E-state index in [1.807, 2.05) is 6.07 Å². The van der Waals surface area contributed by atoms with Gasteiger partial charge in [0.05, 0.1) is 33.2 Å². The van der Waals surface area contributed by atoms with Gasteiger partial charge in [0, 0.05) is 44.0 Å². The Bertz CT molecular complexity index is 4170. The fourth-order valence-corrected chi connectivity index (χ4v) is 11.9. The van der Waals surface area contributed by atoms with Gasteiger partial charge in [-0.1, -0.05) is 164 Å². The predicted molar refractivity (Wildman–Crippen MR) is 275 cm³/mol. The Morgan fingerprint density at radius 2 is 0.985 bits per heavy atom. The van der Waals surface area contributed by atoms with Gasteiger partial charge in [0.15, 0.2) is 0 Å². The molecule has 4 nitrogen and oxygen atoms in total. The molecular weight excluding hydrogens is 817 g/mol. The molecule has 2 aliphatic rings. The van der Waals surface area contributed by atoms with Gasteiger partial charge in [-0.3, -0.25) is 0 Å². The lowest BCUT2D eigenvalue weighted by atomic mass is 9.58. The third kappa shape index (κ3) is 4.91. The van der Waals surface area contributed by atoms with Crippen molar-refractivity contribution in [2.75, 3.05) is 4.90 Å². The van der Waals surface area contributed by atoms with E-state index in [0.717, 1.165) is 78.3 Å². The maximum absolute atomic E-state index is 6.81. The standard InChI is InChI=1S/C63H38N2O2/c1-2-19-43-39(15-1)16-13-27-53(43)64(42-34-36-46-45-20-3-7-26-54(45)65(56(46)38-42)55-28-14-32-60-62(55)48-21-4-8-29-57(48)66-60)41-33-35-44-47-22-11-17-40-18-12-25-51(61(40)47)63(52(44)37-41)49-23-5-9-30-58(49)67-59-31-10-6-24-50(59)63/h1-38H. The lowest BCUT2D eigenvalue weighted by Gasteiger charge is -2.45. The smallest absolute Gasteiger partial charge is 0.137 e. The molecule has 0 bridgehead atoms. The minimum absolute atomic E-state index is 0.683. The summed E-state index contributed by atoms with van der Waals surface area (Å²) in [7, 11) is 0. The monoisotopic (exact) mass is 854 g/mol. The average Bonchev–Trinajstić information content (AvgIpc) is 3.93. The first-order chi connectivity index (χ1) is 33.2. The molecule has 0 saturated heterocycles. The molecule has 0 N–H and O–H groups in total. The van der Waals surface area contributed by atoms with Gasteiger partial charge in [-0.2, -0.15) is 0 Å². The van der Waals surface area contributed by atoms with Crippen molar-refractivity contribution in [3.05, 3.63) is 253 Å². The highest BCUT2D eigenvalue weighted by Gasteiger charge is 2.49. The predicted octanol–water partition coefficient (Wildman–Crippen LogP) is 16.9. The average molecular weight is 855 g/mol. The summed E-state index contributed by atoms with van der Waals surface area (Å²) in [6, 6.07) is 84.0. The number of furan rings is 1. The van der Waals surface area contributed by atoms with Gasteiger partial charge in [0.1, 0.15) is 22.7 Å². The zero-order valence-corrected chi connectivity index (χ0v) is 36.2. The molecule has 1 aliphatic carbocycles. The Kier molecular flexibility index (Phi) is 7.40. The van der Waals surface area contributed by atoms with Crippen LogP contribution in [0.2, 0.25) is 0 Å². The van der Waals surface area contributed by atoms with E-state index in [-0.39, 0.29) is 0 Å². The van der Waals surface area contributed by atoms with Crippen LogP contribution >= 0.6 is 0 Å². The zero-order chi connectivity index (χ0) is 43.8. The maximum atomic E-state index is 6.81. The molecule has 15 rings (SSSR count). The first kappa shape index (κ1) is 36.5. The van der Waals surface area contributed by atoms with E-state index in [4.69, 9.17) is 9.15 Å². The van der Waals surface area contributed by atoms with Crippen molar-refractivity contribution < 1.29 is 9.15 Å². The van der Waals surface area contributed by atoms with Crippen LogP contribution < -0.4 is 9.64 Å². The van der Waals surface area contributed by atoms with E-state index >= 15 is 0 Å². The molecule has 0 saturated carbocycles. The van der Waals surface area contributed by atoms with E-state index in [0.29, 0.717) is 0 Å². The molecule has 1 spiro atoms. The van der Waals surface area contributed by atoms with Crippen molar-refractivity contribution in [1.82, 2.24) is 4.57 Å². The third-order valence-corrected chi connectivity index (χ3v) is 14.6. The van der Waals surface area contributed by atoms with Gasteiger partial charge >= 0.3 is 0 Å². The second kappa shape index (κ2) is 13.6. The summed E-state index contributed by atoms with van der Waals surface area (Å²) in [5.74, 6) is 1.75. The fraction of sp³-hybridized carbons (Fsp3) is 0.0159. The van der Waals surface area contributed by atoms with Gasteiger partial charge < -0.3 is 18.6 Å². The molecule has 312 valence electrons. The lowest BCUT2D eigenvalue weighted by Crippen LogP contribution is -2.36. The number of anilines is 3. The van der Waals surface area contributed by atoms with E-state index in [9.17, 15) is 0 Å². The van der Waals surface area contributed by atoms with Gasteiger partial charge in [-0.25, -0.2) is 0 Å². The van der Waals surface area contributed by atoms with Crippen LogP contribution in [-0.4, -0.2) is 4.57 Å². The second-order valence-corrected chi connectivity index (χ2v) is 17.9. The van der Waals surface area contributed by atoms with Crippen LogP contribution in [0, 0.1) is 0 Å². The third-order valence-electron chi connectivity index (χ3n) is 14.6. The number of fused-ring (bicyclic) bond motifs is 15. The Morgan fingerprint density at radius 1 is 0.373 bits per heavy atom. The first-order valence-electron chi connectivity index (χ1n) is 23.0. The Balaban J connectivity index is 1.05. The molecule has 0 fully saturated rings.